The Morgan fingerprint density at radius 3 is 1.10 bits per heavy atom. The zero-order valence-corrected chi connectivity index (χ0v) is 34.6. The molecule has 0 bridgehead atoms. The van der Waals surface area contributed by atoms with Crippen molar-refractivity contribution in [3.63, 3.8) is 0 Å². The molecule has 0 rings (SSSR count). The van der Waals surface area contributed by atoms with Crippen molar-refractivity contribution in [1.29, 1.82) is 0 Å². The predicted octanol–water partition coefficient (Wildman–Crippen LogP) is 12.9. The molecule has 282 valence electrons. The third-order valence-electron chi connectivity index (χ3n) is 7.31. The van der Waals surface area contributed by atoms with Gasteiger partial charge in [-0.2, -0.15) is 0 Å². The van der Waals surface area contributed by atoms with Gasteiger partial charge in [0.1, 0.15) is 17.3 Å². The van der Waals surface area contributed by atoms with Crippen LogP contribution in [0.2, 0.25) is 0 Å². The Kier molecular flexibility index (Phi) is 26.7. The summed E-state index contributed by atoms with van der Waals surface area (Å²) in [7, 11) is 0. The lowest BCUT2D eigenvalue weighted by molar-refractivity contribution is -0.138. The van der Waals surface area contributed by atoms with Crippen molar-refractivity contribution in [2.45, 2.75) is 182 Å². The van der Waals surface area contributed by atoms with Gasteiger partial charge in [-0.1, -0.05) is 115 Å². The Balaban J connectivity index is -0.000000633. The third-order valence-corrected chi connectivity index (χ3v) is 7.31. The molecule has 0 aliphatic carbocycles. The van der Waals surface area contributed by atoms with E-state index in [2.05, 4.69) is 89.7 Å². The first-order valence-corrected chi connectivity index (χ1v) is 18.2. The molecule has 0 aromatic carbocycles. The van der Waals surface area contributed by atoms with E-state index in [0.29, 0.717) is 39.8 Å². The second-order valence-electron chi connectivity index (χ2n) is 17.5. The molecular weight excluding hydrogens is 600 g/mol. The smallest absolute Gasteiger partial charge is 0.307 e. The molecule has 0 aliphatic rings. The van der Waals surface area contributed by atoms with Crippen molar-refractivity contribution in [3.8, 4) is 0 Å². The summed E-state index contributed by atoms with van der Waals surface area (Å²) in [5.74, 6) is 2.76. The Labute approximate surface area is 297 Å². The van der Waals surface area contributed by atoms with Gasteiger partial charge in [0, 0.05) is 27.2 Å². The lowest BCUT2D eigenvalue weighted by Crippen LogP contribution is -2.07. The molecule has 0 radical (unpaired) electrons. The quantitative estimate of drug-likeness (QED) is 0.0918. The molecule has 48 heavy (non-hydrogen) atoms. The minimum absolute atomic E-state index is 0.240. The Hall–Kier alpha value is -2.37. The molecule has 0 saturated carbocycles. The fourth-order valence-electron chi connectivity index (χ4n) is 5.11. The number of ether oxygens (including phenoxy) is 3. The van der Waals surface area contributed by atoms with Crippen LogP contribution in [-0.4, -0.2) is 17.9 Å². The standard InChI is InChI=1S/3C14H26O2/c3*1-11(8-7-9-14(4,5)6)10-12(2)16-13(3)15/h2*10-11H,7-9H2,1-6H3;11H,2,7-10H2,1,3-6H3/b12-10+;12-10-;/t3*11-/m000/s1. The van der Waals surface area contributed by atoms with E-state index in [1.165, 1.54) is 59.3 Å². The van der Waals surface area contributed by atoms with Gasteiger partial charge in [0.25, 0.3) is 0 Å². The van der Waals surface area contributed by atoms with E-state index in [-0.39, 0.29) is 17.9 Å². The molecule has 6 heteroatoms. The Bertz CT molecular complexity index is 927. The summed E-state index contributed by atoms with van der Waals surface area (Å²) in [5.41, 5.74) is 1.23. The van der Waals surface area contributed by atoms with Crippen LogP contribution in [0.5, 0.6) is 0 Å². The van der Waals surface area contributed by atoms with E-state index in [1.54, 1.807) is 0 Å². The van der Waals surface area contributed by atoms with E-state index in [1.807, 2.05) is 26.0 Å². The van der Waals surface area contributed by atoms with Crippen molar-refractivity contribution in [3.05, 3.63) is 36.0 Å². The van der Waals surface area contributed by atoms with Gasteiger partial charge in [0.05, 0.1) is 0 Å². The van der Waals surface area contributed by atoms with Gasteiger partial charge in [-0.05, 0) is 92.1 Å². The summed E-state index contributed by atoms with van der Waals surface area (Å²) in [4.78, 5) is 32.1. The highest BCUT2D eigenvalue weighted by molar-refractivity contribution is 5.67. The summed E-state index contributed by atoms with van der Waals surface area (Å²) in [6.45, 7) is 38.5. The molecule has 3 atom stereocenters. The first-order valence-electron chi connectivity index (χ1n) is 18.2. The number of rotatable bonds is 16. The van der Waals surface area contributed by atoms with Crippen molar-refractivity contribution in [1.82, 2.24) is 0 Å². The van der Waals surface area contributed by atoms with E-state index in [4.69, 9.17) is 14.2 Å². The van der Waals surface area contributed by atoms with Crippen molar-refractivity contribution < 1.29 is 28.6 Å². The molecule has 0 spiro atoms. The highest BCUT2D eigenvalue weighted by atomic mass is 16.5. The minimum Gasteiger partial charge on any atom is -0.432 e. The molecule has 0 saturated heterocycles. The maximum Gasteiger partial charge on any atom is 0.307 e. The van der Waals surface area contributed by atoms with Crippen LogP contribution in [0.25, 0.3) is 0 Å². The second-order valence-corrected chi connectivity index (χ2v) is 17.5. The topological polar surface area (TPSA) is 78.9 Å². The molecule has 0 amide bonds. The van der Waals surface area contributed by atoms with Crippen molar-refractivity contribution in [2.24, 2.45) is 34.0 Å². The number of carbonyl (C=O) groups excluding carboxylic acids is 3. The lowest BCUT2D eigenvalue weighted by atomic mass is 9.87. The highest BCUT2D eigenvalue weighted by Crippen LogP contribution is 2.26. The summed E-state index contributed by atoms with van der Waals surface area (Å²) < 4.78 is 14.9. The molecule has 0 heterocycles. The zero-order valence-electron chi connectivity index (χ0n) is 34.6. The maximum absolute atomic E-state index is 10.7. The summed E-state index contributed by atoms with van der Waals surface area (Å²) in [5, 5.41) is 0. The average Bonchev–Trinajstić information content (AvgIpc) is 2.80. The summed E-state index contributed by atoms with van der Waals surface area (Å²) in [6.07, 6.45) is 15.7. The number of allylic oxidation sites excluding steroid dienone is 5. The van der Waals surface area contributed by atoms with Crippen LogP contribution in [0.4, 0.5) is 0 Å². The van der Waals surface area contributed by atoms with Gasteiger partial charge < -0.3 is 14.2 Å². The van der Waals surface area contributed by atoms with E-state index in [9.17, 15) is 14.4 Å². The fraction of sp³-hybridized carbons (Fsp3) is 0.786. The lowest BCUT2D eigenvalue weighted by Gasteiger charge is -2.19. The molecule has 0 N–H and O–H groups in total. The monoisotopic (exact) mass is 679 g/mol. The van der Waals surface area contributed by atoms with Gasteiger partial charge in [-0.3, -0.25) is 14.4 Å². The zero-order chi connectivity index (χ0) is 38.3. The van der Waals surface area contributed by atoms with Crippen LogP contribution < -0.4 is 0 Å². The molecule has 0 fully saturated rings. The van der Waals surface area contributed by atoms with E-state index in [0.717, 1.165) is 37.2 Å². The number of esters is 3. The first kappa shape index (κ1) is 50.0. The van der Waals surface area contributed by atoms with E-state index >= 15 is 0 Å². The average molecular weight is 679 g/mol. The second kappa shape index (κ2) is 25.6. The van der Waals surface area contributed by atoms with Crippen LogP contribution in [0, 0.1) is 34.0 Å². The molecule has 0 aliphatic heterocycles. The number of hydrogen-bond donors (Lipinski definition) is 0. The summed E-state index contributed by atoms with van der Waals surface area (Å²) >= 11 is 0. The Morgan fingerprint density at radius 1 is 0.542 bits per heavy atom. The van der Waals surface area contributed by atoms with E-state index < -0.39 is 0 Å². The highest BCUT2D eigenvalue weighted by Gasteiger charge is 2.13. The van der Waals surface area contributed by atoms with Crippen LogP contribution in [0.15, 0.2) is 36.0 Å². The molecule has 0 unspecified atom stereocenters. The van der Waals surface area contributed by atoms with Crippen molar-refractivity contribution >= 4 is 17.9 Å². The molecule has 0 aromatic heterocycles. The summed E-state index contributed by atoms with van der Waals surface area (Å²) in [6, 6.07) is 0. The predicted molar refractivity (Wildman–Crippen MR) is 204 cm³/mol. The normalized spacial score (nSPS) is 14.3. The fourth-order valence-corrected chi connectivity index (χ4v) is 5.11. The molecule has 0 aromatic rings. The molecule has 6 nitrogen and oxygen atoms in total. The Morgan fingerprint density at radius 2 is 0.833 bits per heavy atom. The first-order chi connectivity index (χ1) is 21.6. The number of carbonyl (C=O) groups is 3. The largest absolute Gasteiger partial charge is 0.432 e. The van der Waals surface area contributed by atoms with Gasteiger partial charge in [0.2, 0.25) is 0 Å². The van der Waals surface area contributed by atoms with Crippen molar-refractivity contribution in [2.75, 3.05) is 0 Å². The van der Waals surface area contributed by atoms with Crippen LogP contribution in [-0.2, 0) is 28.6 Å². The SMILES string of the molecule is C=C(C[C@@H](C)CCCC(C)(C)C)OC(C)=O.CC(=O)O/C(C)=C/[C@@H](C)CCCC(C)(C)C.CC(=O)O/C(C)=C\[C@@H](C)CCCC(C)(C)C. The number of hydrogen-bond acceptors (Lipinski definition) is 6. The van der Waals surface area contributed by atoms with Crippen LogP contribution >= 0.6 is 0 Å². The maximum atomic E-state index is 10.7. The van der Waals surface area contributed by atoms with Gasteiger partial charge in [0.15, 0.2) is 0 Å². The van der Waals surface area contributed by atoms with Gasteiger partial charge in [-0.25, -0.2) is 0 Å². The third kappa shape index (κ3) is 43.6. The minimum atomic E-state index is -0.271. The van der Waals surface area contributed by atoms with Crippen LogP contribution in [0.3, 0.4) is 0 Å². The van der Waals surface area contributed by atoms with Gasteiger partial charge >= 0.3 is 17.9 Å². The van der Waals surface area contributed by atoms with Crippen LogP contribution in [0.1, 0.15) is 182 Å². The molecular formula is C42H78O6. The van der Waals surface area contributed by atoms with Gasteiger partial charge in [-0.15, -0.1) is 0 Å².